The summed E-state index contributed by atoms with van der Waals surface area (Å²) < 4.78 is 7.13. The van der Waals surface area contributed by atoms with Crippen LogP contribution >= 0.6 is 0 Å². The van der Waals surface area contributed by atoms with Crippen LogP contribution in [0.5, 0.6) is 0 Å². The Balaban J connectivity index is 1.58. The molecule has 0 radical (unpaired) electrons. The van der Waals surface area contributed by atoms with Crippen LogP contribution in [-0.4, -0.2) is 18.4 Å². The van der Waals surface area contributed by atoms with E-state index in [9.17, 15) is 0 Å². The summed E-state index contributed by atoms with van der Waals surface area (Å²) in [6, 6.07) is 20.1. The highest BCUT2D eigenvalue weighted by atomic mass is 16.5. The van der Waals surface area contributed by atoms with Gasteiger partial charge < -0.3 is 9.47 Å². The Morgan fingerprint density at radius 3 is 2.40 bits per heavy atom. The third kappa shape index (κ3) is 1.56. The van der Waals surface area contributed by atoms with E-state index >= 15 is 0 Å². The Labute approximate surface area is 150 Å². The van der Waals surface area contributed by atoms with Crippen LogP contribution in [0.1, 0.15) is 55.2 Å². The molecule has 1 unspecified atom stereocenters. The fraction of sp³-hybridized carbons (Fsp3) is 0.455. The number of fused-ring (bicyclic) bond motifs is 2. The van der Waals surface area contributed by atoms with Crippen molar-refractivity contribution in [1.82, 2.24) is 4.81 Å². The lowest BCUT2D eigenvalue weighted by Crippen LogP contribution is -2.60. The van der Waals surface area contributed by atoms with Gasteiger partial charge in [-0.2, -0.15) is 0 Å². The van der Waals surface area contributed by atoms with E-state index < -0.39 is 0 Å². The quantitative estimate of drug-likeness (QED) is 0.741. The van der Waals surface area contributed by atoms with Crippen LogP contribution in [0.25, 0.3) is 0 Å². The number of hydrogen-bond acceptors (Lipinski definition) is 2. The summed E-state index contributed by atoms with van der Waals surface area (Å²) in [7, 11) is 0.289. The number of benzene rings is 2. The topological polar surface area (TPSA) is 12.5 Å². The molecule has 1 saturated carbocycles. The Hall–Kier alpha value is -1.58. The molecule has 2 atom stereocenters. The van der Waals surface area contributed by atoms with Gasteiger partial charge in [-0.25, -0.2) is 0 Å². The minimum atomic E-state index is -0.255. The van der Waals surface area contributed by atoms with Crippen LogP contribution in [0.2, 0.25) is 5.82 Å². The highest BCUT2D eigenvalue weighted by Gasteiger charge is 2.76. The second kappa shape index (κ2) is 4.99. The van der Waals surface area contributed by atoms with E-state index in [-0.39, 0.29) is 18.2 Å². The average molecular weight is 329 g/mol. The summed E-state index contributed by atoms with van der Waals surface area (Å²) in [6.45, 7) is 1.18. The zero-order chi connectivity index (χ0) is 16.5. The lowest BCUT2D eigenvalue weighted by Gasteiger charge is -2.57. The zero-order valence-electron chi connectivity index (χ0n) is 14.7. The molecule has 3 heteroatoms. The van der Waals surface area contributed by atoms with Gasteiger partial charge >= 0.3 is 7.05 Å². The fourth-order valence-corrected chi connectivity index (χ4v) is 6.49. The van der Waals surface area contributed by atoms with Crippen molar-refractivity contribution in [2.45, 2.75) is 55.5 Å². The summed E-state index contributed by atoms with van der Waals surface area (Å²) in [5, 5.41) is 0. The average Bonchev–Trinajstić information content (AvgIpc) is 3.38. The Morgan fingerprint density at radius 2 is 1.60 bits per heavy atom. The van der Waals surface area contributed by atoms with Crippen LogP contribution in [0, 0.1) is 0 Å². The molecule has 4 aliphatic rings. The Bertz CT molecular complexity index is 818. The van der Waals surface area contributed by atoms with Gasteiger partial charge in [-0.15, -0.1) is 0 Å². The van der Waals surface area contributed by atoms with E-state index in [1.165, 1.54) is 61.8 Å². The molecule has 126 valence electrons. The first kappa shape index (κ1) is 14.6. The summed E-state index contributed by atoms with van der Waals surface area (Å²) in [5.41, 5.74) is 4.10. The second-order valence-electron chi connectivity index (χ2n) is 8.30. The van der Waals surface area contributed by atoms with E-state index in [1.54, 1.807) is 0 Å². The maximum atomic E-state index is 7.13. The zero-order valence-corrected chi connectivity index (χ0v) is 14.7. The molecule has 2 heterocycles. The number of hydrogen-bond donors (Lipinski definition) is 0. The molecule has 2 aromatic carbocycles. The summed E-state index contributed by atoms with van der Waals surface area (Å²) in [5.74, 6) is 0.706. The van der Waals surface area contributed by atoms with E-state index in [0.717, 1.165) is 0 Å². The maximum absolute atomic E-state index is 7.13. The van der Waals surface area contributed by atoms with Gasteiger partial charge in [0.25, 0.3) is 0 Å². The van der Waals surface area contributed by atoms with Crippen LogP contribution in [0.3, 0.4) is 0 Å². The molecule has 6 rings (SSSR count). The summed E-state index contributed by atoms with van der Waals surface area (Å²) in [4.78, 5) is 2.76. The van der Waals surface area contributed by atoms with Crippen LogP contribution in [0.15, 0.2) is 54.6 Å². The first-order chi connectivity index (χ1) is 12.4. The highest BCUT2D eigenvalue weighted by Crippen LogP contribution is 2.70. The molecule has 2 nitrogen and oxygen atoms in total. The summed E-state index contributed by atoms with van der Waals surface area (Å²) >= 11 is 0. The first-order valence-electron chi connectivity index (χ1n) is 9.98. The van der Waals surface area contributed by atoms with Gasteiger partial charge in [-0.05, 0) is 41.9 Å². The SMILES string of the molecule is c1ccc(C23OB(C4CCCC4)N4CCC[C@@]42c2ccccc23)cc1. The van der Waals surface area contributed by atoms with Crippen LogP contribution < -0.4 is 0 Å². The van der Waals surface area contributed by atoms with Gasteiger partial charge in [0.1, 0.15) is 5.60 Å². The predicted molar refractivity (Wildman–Crippen MR) is 100 cm³/mol. The minimum absolute atomic E-state index is 0.0677. The van der Waals surface area contributed by atoms with Gasteiger partial charge in [-0.1, -0.05) is 80.3 Å². The van der Waals surface area contributed by atoms with Crippen LogP contribution in [-0.2, 0) is 15.8 Å². The normalized spacial score (nSPS) is 33.8. The van der Waals surface area contributed by atoms with Crippen molar-refractivity contribution >= 4 is 7.05 Å². The third-order valence-corrected chi connectivity index (χ3v) is 7.35. The highest BCUT2D eigenvalue weighted by molar-refractivity contribution is 6.52. The van der Waals surface area contributed by atoms with Crippen molar-refractivity contribution in [3.63, 3.8) is 0 Å². The van der Waals surface area contributed by atoms with Crippen molar-refractivity contribution in [3.8, 4) is 0 Å². The van der Waals surface area contributed by atoms with Crippen molar-refractivity contribution in [2.75, 3.05) is 6.54 Å². The standard InChI is InChI=1S/C22H24BNO/c1-2-9-17(10-3-1)22-20-14-7-6-13-19(20)21(22)15-8-16-24(21)23(25-22)18-11-4-5-12-18/h1-3,6-7,9-10,13-14,18H,4-5,8,11-12,15-16H2/t21-,22?/m0/s1. The monoisotopic (exact) mass is 329 g/mol. The molecule has 0 N–H and O–H groups in total. The molecule has 2 aromatic rings. The van der Waals surface area contributed by atoms with Gasteiger partial charge in [0.2, 0.25) is 0 Å². The van der Waals surface area contributed by atoms with E-state index in [2.05, 4.69) is 59.4 Å². The molecule has 1 spiro atoms. The Kier molecular flexibility index (Phi) is 2.91. The molecular weight excluding hydrogens is 305 g/mol. The largest absolute Gasteiger partial charge is 0.405 e. The molecule has 2 aliphatic carbocycles. The van der Waals surface area contributed by atoms with Gasteiger partial charge in [0.05, 0.1) is 5.54 Å². The van der Waals surface area contributed by atoms with Crippen molar-refractivity contribution in [3.05, 3.63) is 71.3 Å². The molecule has 25 heavy (non-hydrogen) atoms. The lowest BCUT2D eigenvalue weighted by atomic mass is 9.54. The van der Waals surface area contributed by atoms with E-state index in [1.807, 2.05) is 0 Å². The number of nitrogens with zero attached hydrogens (tertiary/aromatic N) is 1. The van der Waals surface area contributed by atoms with Gasteiger partial charge in [0.15, 0.2) is 0 Å². The van der Waals surface area contributed by atoms with Gasteiger partial charge in [0, 0.05) is 0 Å². The Morgan fingerprint density at radius 1 is 0.880 bits per heavy atom. The first-order valence-corrected chi connectivity index (χ1v) is 9.98. The van der Waals surface area contributed by atoms with E-state index in [4.69, 9.17) is 4.65 Å². The molecule has 2 saturated heterocycles. The maximum Gasteiger partial charge on any atom is 0.387 e. The van der Waals surface area contributed by atoms with Crippen molar-refractivity contribution in [2.24, 2.45) is 0 Å². The molecule has 0 aromatic heterocycles. The second-order valence-corrected chi connectivity index (χ2v) is 8.30. The number of rotatable bonds is 2. The summed E-state index contributed by atoms with van der Waals surface area (Å²) in [6.07, 6.45) is 7.92. The predicted octanol–water partition coefficient (Wildman–Crippen LogP) is 4.70. The molecule has 0 bridgehead atoms. The van der Waals surface area contributed by atoms with Gasteiger partial charge in [-0.3, -0.25) is 0 Å². The molecule has 2 aliphatic heterocycles. The molecule has 0 amide bonds. The fourth-order valence-electron chi connectivity index (χ4n) is 6.49. The smallest absolute Gasteiger partial charge is 0.387 e. The molecule has 3 fully saturated rings. The van der Waals surface area contributed by atoms with Crippen molar-refractivity contribution < 1.29 is 4.65 Å². The minimum Gasteiger partial charge on any atom is -0.405 e. The van der Waals surface area contributed by atoms with Crippen LogP contribution in [0.4, 0.5) is 0 Å². The van der Waals surface area contributed by atoms with Crippen molar-refractivity contribution in [1.29, 1.82) is 0 Å². The molecular formula is C22H24BNO. The third-order valence-electron chi connectivity index (χ3n) is 7.35. The van der Waals surface area contributed by atoms with E-state index in [0.29, 0.717) is 5.82 Å². The lowest BCUT2D eigenvalue weighted by molar-refractivity contribution is -0.00675.